The topological polar surface area (TPSA) is 60.9 Å². The number of carbonyl (C=O) groups excluding carboxylic acids is 1. The summed E-state index contributed by atoms with van der Waals surface area (Å²) in [4.78, 5) is 26.8. The Morgan fingerprint density at radius 3 is 2.39 bits per heavy atom. The number of hydrogen-bond acceptors (Lipinski definition) is 3. The molecular weight excluding hydrogens is 232 g/mol. The van der Waals surface area contributed by atoms with Crippen molar-refractivity contribution in [2.75, 3.05) is 26.2 Å². The van der Waals surface area contributed by atoms with E-state index in [0.29, 0.717) is 6.42 Å². The van der Waals surface area contributed by atoms with Gasteiger partial charge in [0.2, 0.25) is 5.91 Å². The first-order valence-electron chi connectivity index (χ1n) is 6.84. The van der Waals surface area contributed by atoms with Crippen molar-refractivity contribution in [1.29, 1.82) is 0 Å². The van der Waals surface area contributed by atoms with E-state index in [0.717, 1.165) is 38.9 Å². The van der Waals surface area contributed by atoms with Gasteiger partial charge in [-0.05, 0) is 32.2 Å². The smallest absolute Gasteiger partial charge is 0.320 e. The first-order chi connectivity index (χ1) is 8.60. The van der Waals surface area contributed by atoms with Gasteiger partial charge in [-0.2, -0.15) is 0 Å². The summed E-state index contributed by atoms with van der Waals surface area (Å²) in [6.07, 6.45) is 3.40. The lowest BCUT2D eigenvalue weighted by Gasteiger charge is -2.26. The largest absolute Gasteiger partial charge is 0.480 e. The van der Waals surface area contributed by atoms with E-state index in [2.05, 4.69) is 0 Å². The number of hydrogen-bond donors (Lipinski definition) is 1. The molecule has 1 rings (SSSR count). The van der Waals surface area contributed by atoms with Gasteiger partial charge in [0, 0.05) is 13.1 Å². The van der Waals surface area contributed by atoms with Gasteiger partial charge in [0.1, 0.15) is 6.04 Å². The average Bonchev–Trinajstić information content (AvgIpc) is 2.77. The fourth-order valence-corrected chi connectivity index (χ4v) is 2.47. The Kier molecular flexibility index (Phi) is 6.12. The van der Waals surface area contributed by atoms with Crippen LogP contribution in [0.25, 0.3) is 0 Å². The van der Waals surface area contributed by atoms with Gasteiger partial charge >= 0.3 is 5.97 Å². The monoisotopic (exact) mass is 256 g/mol. The van der Waals surface area contributed by atoms with Crippen LogP contribution in [0.1, 0.15) is 39.5 Å². The molecule has 1 aliphatic rings. The molecular formula is C13H24N2O3. The average molecular weight is 256 g/mol. The van der Waals surface area contributed by atoms with Crippen LogP contribution < -0.4 is 0 Å². The number of rotatable bonds is 7. The highest BCUT2D eigenvalue weighted by Gasteiger charge is 2.32. The molecule has 0 aliphatic carbocycles. The Balaban J connectivity index is 2.53. The third-order valence-electron chi connectivity index (χ3n) is 3.33. The molecule has 1 unspecified atom stereocenters. The van der Waals surface area contributed by atoms with E-state index in [-0.39, 0.29) is 12.5 Å². The van der Waals surface area contributed by atoms with Crippen molar-refractivity contribution >= 4 is 11.9 Å². The van der Waals surface area contributed by atoms with E-state index in [1.54, 1.807) is 4.90 Å². The highest BCUT2D eigenvalue weighted by molar-refractivity contribution is 5.80. The number of carboxylic acid groups (broad SMARTS) is 1. The van der Waals surface area contributed by atoms with E-state index in [1.807, 2.05) is 18.7 Å². The predicted octanol–water partition coefficient (Wildman–Crippen LogP) is 1.18. The van der Waals surface area contributed by atoms with Crippen molar-refractivity contribution in [3.8, 4) is 0 Å². The van der Waals surface area contributed by atoms with Crippen LogP contribution in [0.4, 0.5) is 0 Å². The molecule has 1 amide bonds. The van der Waals surface area contributed by atoms with Gasteiger partial charge in [-0.1, -0.05) is 13.8 Å². The Labute approximate surface area is 109 Å². The first-order valence-corrected chi connectivity index (χ1v) is 6.84. The van der Waals surface area contributed by atoms with Gasteiger partial charge < -0.3 is 10.0 Å². The molecule has 18 heavy (non-hydrogen) atoms. The molecule has 0 aromatic rings. The molecule has 5 heteroatoms. The molecule has 0 aromatic carbocycles. The molecule has 1 saturated heterocycles. The quantitative estimate of drug-likeness (QED) is 0.743. The second-order valence-electron chi connectivity index (χ2n) is 4.85. The third-order valence-corrected chi connectivity index (χ3v) is 3.33. The van der Waals surface area contributed by atoms with Gasteiger partial charge in [-0.3, -0.25) is 14.5 Å². The standard InChI is InChI=1S/C13H24N2O3/c1-3-7-14(8-4-2)12(16)10-15-9-5-6-11(15)13(17)18/h11H,3-10H2,1-2H3,(H,17,18). The van der Waals surface area contributed by atoms with Gasteiger partial charge in [-0.25, -0.2) is 0 Å². The molecule has 1 atom stereocenters. The maximum atomic E-state index is 12.1. The summed E-state index contributed by atoms with van der Waals surface area (Å²) < 4.78 is 0. The second-order valence-corrected chi connectivity index (χ2v) is 4.85. The van der Waals surface area contributed by atoms with Crippen molar-refractivity contribution in [2.24, 2.45) is 0 Å². The van der Waals surface area contributed by atoms with Crippen LogP contribution in [0.5, 0.6) is 0 Å². The van der Waals surface area contributed by atoms with Gasteiger partial charge in [0.25, 0.3) is 0 Å². The first kappa shape index (κ1) is 15.0. The van der Waals surface area contributed by atoms with Crippen LogP contribution in [-0.4, -0.2) is 59.0 Å². The van der Waals surface area contributed by atoms with Gasteiger partial charge in [0.05, 0.1) is 6.54 Å². The maximum Gasteiger partial charge on any atom is 0.320 e. The zero-order chi connectivity index (χ0) is 13.5. The minimum absolute atomic E-state index is 0.0619. The lowest BCUT2D eigenvalue weighted by Crippen LogP contribution is -2.45. The highest BCUT2D eigenvalue weighted by Crippen LogP contribution is 2.17. The fourth-order valence-electron chi connectivity index (χ4n) is 2.47. The lowest BCUT2D eigenvalue weighted by atomic mass is 10.2. The van der Waals surface area contributed by atoms with E-state index in [9.17, 15) is 9.59 Å². The molecule has 0 bridgehead atoms. The van der Waals surface area contributed by atoms with Crippen molar-refractivity contribution in [3.05, 3.63) is 0 Å². The summed E-state index contributed by atoms with van der Waals surface area (Å²) in [5, 5.41) is 9.08. The Hall–Kier alpha value is -1.10. The summed E-state index contributed by atoms with van der Waals surface area (Å²) in [7, 11) is 0. The van der Waals surface area contributed by atoms with Crippen molar-refractivity contribution in [1.82, 2.24) is 9.80 Å². The van der Waals surface area contributed by atoms with Crippen LogP contribution in [0.3, 0.4) is 0 Å². The SMILES string of the molecule is CCCN(CCC)C(=O)CN1CCCC1C(=O)O. The normalized spacial score (nSPS) is 20.0. The highest BCUT2D eigenvalue weighted by atomic mass is 16.4. The van der Waals surface area contributed by atoms with Gasteiger partial charge in [0.15, 0.2) is 0 Å². The molecule has 0 aromatic heterocycles. The number of carbonyl (C=O) groups is 2. The number of aliphatic carboxylic acids is 1. The van der Waals surface area contributed by atoms with Gasteiger partial charge in [-0.15, -0.1) is 0 Å². The van der Waals surface area contributed by atoms with E-state index in [4.69, 9.17) is 5.11 Å². The van der Waals surface area contributed by atoms with E-state index < -0.39 is 12.0 Å². The Bertz CT molecular complexity index is 288. The molecule has 1 N–H and O–H groups in total. The summed E-state index contributed by atoms with van der Waals surface area (Å²) in [6, 6.07) is -0.473. The van der Waals surface area contributed by atoms with E-state index in [1.165, 1.54) is 0 Å². The molecule has 5 nitrogen and oxygen atoms in total. The Morgan fingerprint density at radius 2 is 1.89 bits per heavy atom. The fraction of sp³-hybridized carbons (Fsp3) is 0.846. The van der Waals surface area contributed by atoms with Crippen molar-refractivity contribution in [2.45, 2.75) is 45.6 Å². The van der Waals surface area contributed by atoms with Crippen LogP contribution in [0.2, 0.25) is 0 Å². The second kappa shape index (κ2) is 7.36. The molecule has 1 aliphatic heterocycles. The van der Waals surface area contributed by atoms with Crippen LogP contribution in [0.15, 0.2) is 0 Å². The van der Waals surface area contributed by atoms with Crippen molar-refractivity contribution in [3.63, 3.8) is 0 Å². The van der Waals surface area contributed by atoms with Crippen LogP contribution in [-0.2, 0) is 9.59 Å². The molecule has 104 valence electrons. The molecule has 1 fully saturated rings. The number of carboxylic acids is 1. The number of likely N-dealkylation sites (tertiary alicyclic amines) is 1. The summed E-state index contributed by atoms with van der Waals surface area (Å²) in [6.45, 7) is 6.58. The number of nitrogens with zero attached hydrogens (tertiary/aromatic N) is 2. The maximum absolute atomic E-state index is 12.1. The summed E-state index contributed by atoms with van der Waals surface area (Å²) in [5.74, 6) is -0.746. The minimum atomic E-state index is -0.808. The molecule has 0 radical (unpaired) electrons. The summed E-state index contributed by atoms with van der Waals surface area (Å²) in [5.41, 5.74) is 0. The van der Waals surface area contributed by atoms with Crippen molar-refractivity contribution < 1.29 is 14.7 Å². The minimum Gasteiger partial charge on any atom is -0.480 e. The third kappa shape index (κ3) is 3.98. The number of amides is 1. The lowest BCUT2D eigenvalue weighted by molar-refractivity contribution is -0.143. The molecule has 0 spiro atoms. The molecule has 0 saturated carbocycles. The van der Waals surface area contributed by atoms with E-state index >= 15 is 0 Å². The zero-order valence-electron chi connectivity index (χ0n) is 11.4. The Morgan fingerprint density at radius 1 is 1.28 bits per heavy atom. The zero-order valence-corrected chi connectivity index (χ0v) is 11.4. The summed E-state index contributed by atoms with van der Waals surface area (Å²) >= 11 is 0. The van der Waals surface area contributed by atoms with Crippen LogP contribution in [0, 0.1) is 0 Å². The van der Waals surface area contributed by atoms with Crippen LogP contribution >= 0.6 is 0 Å². The molecule has 1 heterocycles. The predicted molar refractivity (Wildman–Crippen MR) is 69.4 cm³/mol.